The highest BCUT2D eigenvalue weighted by Crippen LogP contribution is 2.19. The molecule has 0 fully saturated rings. The van der Waals surface area contributed by atoms with Gasteiger partial charge in [-0.3, -0.25) is 4.79 Å². The molecule has 27 heavy (non-hydrogen) atoms. The molecule has 0 atom stereocenters. The Morgan fingerprint density at radius 1 is 1.15 bits per heavy atom. The Hall–Kier alpha value is -3.06. The maximum Gasteiger partial charge on any atom is 0.266 e. The zero-order valence-corrected chi connectivity index (χ0v) is 16.2. The van der Waals surface area contributed by atoms with Crippen LogP contribution >= 0.6 is 0 Å². The van der Waals surface area contributed by atoms with Gasteiger partial charge in [-0.2, -0.15) is 5.26 Å². The van der Waals surface area contributed by atoms with Gasteiger partial charge in [-0.1, -0.05) is 51.5 Å². The summed E-state index contributed by atoms with van der Waals surface area (Å²) >= 11 is 0. The Morgan fingerprint density at radius 2 is 1.81 bits per heavy atom. The minimum absolute atomic E-state index is 0.0580. The number of amides is 1. The van der Waals surface area contributed by atoms with Crippen LogP contribution in [-0.2, 0) is 4.79 Å². The first kappa shape index (κ1) is 20.3. The Kier molecular flexibility index (Phi) is 7.63. The van der Waals surface area contributed by atoms with Gasteiger partial charge in [-0.15, -0.1) is 0 Å². The van der Waals surface area contributed by atoms with E-state index in [0.717, 1.165) is 24.2 Å². The molecule has 0 spiro atoms. The molecular formula is C23H26N2O2. The summed E-state index contributed by atoms with van der Waals surface area (Å²) in [6, 6.07) is 17.0. The molecule has 0 heterocycles. The summed E-state index contributed by atoms with van der Waals surface area (Å²) in [6.07, 6.45) is 3.67. The minimum Gasteiger partial charge on any atom is -0.494 e. The van der Waals surface area contributed by atoms with Crippen LogP contribution in [0.3, 0.4) is 0 Å². The highest BCUT2D eigenvalue weighted by atomic mass is 16.5. The summed E-state index contributed by atoms with van der Waals surface area (Å²) in [4.78, 5) is 12.4. The van der Waals surface area contributed by atoms with Crippen molar-refractivity contribution < 1.29 is 9.53 Å². The lowest BCUT2D eigenvalue weighted by molar-refractivity contribution is -0.112. The lowest BCUT2D eigenvalue weighted by Crippen LogP contribution is -2.13. The number of nitrogens with zero attached hydrogens (tertiary/aromatic N) is 1. The van der Waals surface area contributed by atoms with Crippen molar-refractivity contribution in [2.24, 2.45) is 0 Å². The van der Waals surface area contributed by atoms with Crippen molar-refractivity contribution in [3.63, 3.8) is 0 Å². The lowest BCUT2D eigenvalue weighted by Gasteiger charge is -2.08. The third-order valence-corrected chi connectivity index (χ3v) is 4.16. The molecule has 0 saturated heterocycles. The smallest absolute Gasteiger partial charge is 0.266 e. The van der Waals surface area contributed by atoms with Crippen LogP contribution in [0.4, 0.5) is 5.69 Å². The quantitative estimate of drug-likeness (QED) is 0.381. The van der Waals surface area contributed by atoms with Crippen molar-refractivity contribution in [2.45, 2.75) is 39.5 Å². The summed E-state index contributed by atoms with van der Waals surface area (Å²) < 4.78 is 5.62. The van der Waals surface area contributed by atoms with Crippen molar-refractivity contribution >= 4 is 17.7 Å². The Balaban J connectivity index is 2.04. The number of hydrogen-bond acceptors (Lipinski definition) is 3. The number of rotatable bonds is 8. The average Bonchev–Trinajstić information content (AvgIpc) is 2.67. The molecular weight excluding hydrogens is 336 g/mol. The second kappa shape index (κ2) is 10.2. The normalized spacial score (nSPS) is 11.1. The first-order valence-electron chi connectivity index (χ1n) is 9.29. The molecule has 0 bridgehead atoms. The summed E-state index contributed by atoms with van der Waals surface area (Å²) in [5.41, 5.74) is 2.71. The fourth-order valence-electron chi connectivity index (χ4n) is 2.46. The van der Waals surface area contributed by atoms with E-state index in [-0.39, 0.29) is 5.57 Å². The van der Waals surface area contributed by atoms with Crippen LogP contribution in [0.25, 0.3) is 6.08 Å². The molecule has 2 aromatic rings. The third-order valence-electron chi connectivity index (χ3n) is 4.16. The van der Waals surface area contributed by atoms with E-state index in [1.807, 2.05) is 54.6 Å². The minimum atomic E-state index is -0.418. The molecule has 0 aromatic heterocycles. The number of unbranched alkanes of at least 4 members (excludes halogenated alkanes) is 1. The molecule has 4 nitrogen and oxygen atoms in total. The Bertz CT molecular complexity index is 813. The number of benzene rings is 2. The van der Waals surface area contributed by atoms with Crippen LogP contribution in [0.2, 0.25) is 0 Å². The molecule has 1 N–H and O–H groups in total. The number of carbonyl (C=O) groups is 1. The first-order chi connectivity index (χ1) is 13.0. The fourth-order valence-corrected chi connectivity index (χ4v) is 2.46. The van der Waals surface area contributed by atoms with E-state index in [1.165, 1.54) is 5.56 Å². The van der Waals surface area contributed by atoms with Gasteiger partial charge in [0, 0.05) is 5.69 Å². The van der Waals surface area contributed by atoms with Crippen molar-refractivity contribution in [3.8, 4) is 11.8 Å². The molecule has 0 aliphatic heterocycles. The fraction of sp³-hybridized carbons (Fsp3) is 0.304. The van der Waals surface area contributed by atoms with Crippen LogP contribution in [0.15, 0.2) is 54.1 Å². The summed E-state index contributed by atoms with van der Waals surface area (Å²) in [5.74, 6) is 0.796. The summed E-state index contributed by atoms with van der Waals surface area (Å²) in [7, 11) is 0. The van der Waals surface area contributed by atoms with Gasteiger partial charge < -0.3 is 10.1 Å². The maximum absolute atomic E-state index is 12.4. The lowest BCUT2D eigenvalue weighted by atomic mass is 10.0. The predicted octanol–water partition coefficient (Wildman–Crippen LogP) is 5.53. The van der Waals surface area contributed by atoms with Gasteiger partial charge in [0.15, 0.2) is 0 Å². The maximum atomic E-state index is 12.4. The van der Waals surface area contributed by atoms with Gasteiger partial charge >= 0.3 is 0 Å². The SMILES string of the molecule is CCCCOc1ccc(/C=C(\C#N)C(=O)Nc2ccc(C(C)C)cc2)cc1. The number of nitriles is 1. The monoisotopic (exact) mass is 362 g/mol. The molecule has 0 unspecified atom stereocenters. The number of nitrogens with one attached hydrogen (secondary N) is 1. The van der Waals surface area contributed by atoms with E-state index >= 15 is 0 Å². The zero-order chi connectivity index (χ0) is 19.6. The van der Waals surface area contributed by atoms with Gasteiger partial charge in [0.1, 0.15) is 17.4 Å². The third kappa shape index (κ3) is 6.31. The molecule has 140 valence electrons. The standard InChI is InChI=1S/C23H26N2O2/c1-4-5-14-27-22-12-6-18(7-13-22)15-20(16-24)23(26)25-21-10-8-19(9-11-21)17(2)3/h6-13,15,17H,4-5,14H2,1-3H3,(H,25,26)/b20-15+. The van der Waals surface area contributed by atoms with Gasteiger partial charge in [0.2, 0.25) is 0 Å². The average molecular weight is 362 g/mol. The number of hydrogen-bond donors (Lipinski definition) is 1. The van der Waals surface area contributed by atoms with E-state index in [2.05, 4.69) is 26.1 Å². The molecule has 0 aliphatic rings. The van der Waals surface area contributed by atoms with Crippen molar-refractivity contribution in [2.75, 3.05) is 11.9 Å². The largest absolute Gasteiger partial charge is 0.494 e. The Labute approximate surface area is 161 Å². The highest BCUT2D eigenvalue weighted by Gasteiger charge is 2.10. The van der Waals surface area contributed by atoms with Crippen molar-refractivity contribution in [1.29, 1.82) is 5.26 Å². The molecule has 0 saturated carbocycles. The van der Waals surface area contributed by atoms with Crippen LogP contribution in [0.5, 0.6) is 5.75 Å². The number of anilines is 1. The Morgan fingerprint density at radius 3 is 2.37 bits per heavy atom. The van der Waals surface area contributed by atoms with Crippen LogP contribution in [0.1, 0.15) is 50.7 Å². The molecule has 4 heteroatoms. The number of ether oxygens (including phenoxy) is 1. The molecule has 0 aliphatic carbocycles. The molecule has 0 radical (unpaired) electrons. The summed E-state index contributed by atoms with van der Waals surface area (Å²) in [6.45, 7) is 7.03. The van der Waals surface area contributed by atoms with Gasteiger partial charge in [-0.25, -0.2) is 0 Å². The van der Waals surface area contributed by atoms with Gasteiger partial charge in [0.05, 0.1) is 6.61 Å². The van der Waals surface area contributed by atoms with E-state index in [4.69, 9.17) is 4.74 Å². The van der Waals surface area contributed by atoms with Gasteiger partial charge in [-0.05, 0) is 53.8 Å². The van der Waals surface area contributed by atoms with Crippen molar-refractivity contribution in [1.82, 2.24) is 0 Å². The first-order valence-corrected chi connectivity index (χ1v) is 9.29. The second-order valence-electron chi connectivity index (χ2n) is 6.67. The molecule has 2 aromatic carbocycles. The zero-order valence-electron chi connectivity index (χ0n) is 16.2. The van der Waals surface area contributed by atoms with E-state index in [9.17, 15) is 10.1 Å². The van der Waals surface area contributed by atoms with Crippen LogP contribution in [-0.4, -0.2) is 12.5 Å². The second-order valence-corrected chi connectivity index (χ2v) is 6.67. The highest BCUT2D eigenvalue weighted by molar-refractivity contribution is 6.09. The van der Waals surface area contributed by atoms with Gasteiger partial charge in [0.25, 0.3) is 5.91 Å². The van der Waals surface area contributed by atoms with Crippen LogP contribution < -0.4 is 10.1 Å². The van der Waals surface area contributed by atoms with E-state index < -0.39 is 5.91 Å². The molecule has 1 amide bonds. The van der Waals surface area contributed by atoms with E-state index in [0.29, 0.717) is 18.2 Å². The molecule has 2 rings (SSSR count). The van der Waals surface area contributed by atoms with Crippen molar-refractivity contribution in [3.05, 3.63) is 65.2 Å². The van der Waals surface area contributed by atoms with E-state index in [1.54, 1.807) is 6.08 Å². The van der Waals surface area contributed by atoms with Crippen LogP contribution in [0, 0.1) is 11.3 Å². The summed E-state index contributed by atoms with van der Waals surface area (Å²) in [5, 5.41) is 12.1. The predicted molar refractivity (Wildman–Crippen MR) is 110 cm³/mol. The number of carbonyl (C=O) groups excluding carboxylic acids is 1. The topological polar surface area (TPSA) is 62.1 Å².